The van der Waals surface area contributed by atoms with E-state index in [1.54, 1.807) is 26.0 Å². The lowest BCUT2D eigenvalue weighted by molar-refractivity contribution is 0.103. The fourth-order valence-corrected chi connectivity index (χ4v) is 1.95. The van der Waals surface area contributed by atoms with E-state index in [0.29, 0.717) is 5.56 Å². The van der Waals surface area contributed by atoms with E-state index >= 15 is 0 Å². The van der Waals surface area contributed by atoms with Crippen LogP contribution < -0.4 is 0 Å². The molecule has 0 aliphatic rings. The summed E-state index contributed by atoms with van der Waals surface area (Å²) in [5.41, 5.74) is 1.91. The Morgan fingerprint density at radius 3 is 2.33 bits per heavy atom. The van der Waals surface area contributed by atoms with Crippen molar-refractivity contribution in [3.63, 3.8) is 0 Å². The molecule has 4 heteroatoms. The maximum absolute atomic E-state index is 13.7. The SMILES string of the molecule is Cc1cc(C(=O)c2ccc(Cl)cc2F)cc(C)n1. The van der Waals surface area contributed by atoms with E-state index in [9.17, 15) is 9.18 Å². The van der Waals surface area contributed by atoms with E-state index in [1.807, 2.05) is 0 Å². The summed E-state index contributed by atoms with van der Waals surface area (Å²) in [5.74, 6) is -0.975. The Balaban J connectivity index is 2.47. The van der Waals surface area contributed by atoms with Crippen molar-refractivity contribution in [1.29, 1.82) is 0 Å². The number of carbonyl (C=O) groups excluding carboxylic acids is 1. The van der Waals surface area contributed by atoms with Crippen molar-refractivity contribution in [3.8, 4) is 0 Å². The lowest BCUT2D eigenvalue weighted by Gasteiger charge is -2.05. The smallest absolute Gasteiger partial charge is 0.196 e. The zero-order valence-corrected chi connectivity index (χ0v) is 10.8. The first-order chi connectivity index (χ1) is 8.47. The number of hydrogen-bond acceptors (Lipinski definition) is 2. The average molecular weight is 264 g/mol. The minimum atomic E-state index is -0.611. The highest BCUT2D eigenvalue weighted by molar-refractivity contribution is 6.30. The Labute approximate surface area is 109 Å². The molecule has 1 aromatic carbocycles. The van der Waals surface area contributed by atoms with Crippen LogP contribution in [0.3, 0.4) is 0 Å². The number of aryl methyl sites for hydroxylation is 2. The molecule has 0 unspecified atom stereocenters. The third kappa shape index (κ3) is 2.57. The maximum atomic E-state index is 13.7. The second-order valence-corrected chi connectivity index (χ2v) is 4.53. The van der Waals surface area contributed by atoms with Crippen LogP contribution in [0.2, 0.25) is 5.02 Å². The number of halogens is 2. The molecular formula is C14H11ClFNO. The zero-order valence-electron chi connectivity index (χ0n) is 10.00. The van der Waals surface area contributed by atoms with Gasteiger partial charge in [0.15, 0.2) is 5.78 Å². The molecule has 2 rings (SSSR count). The lowest BCUT2D eigenvalue weighted by atomic mass is 10.0. The number of rotatable bonds is 2. The van der Waals surface area contributed by atoms with Gasteiger partial charge in [-0.05, 0) is 44.2 Å². The summed E-state index contributed by atoms with van der Waals surface area (Å²) in [5, 5.41) is 0.270. The molecule has 0 fully saturated rings. The summed E-state index contributed by atoms with van der Waals surface area (Å²) in [6, 6.07) is 7.31. The fourth-order valence-electron chi connectivity index (χ4n) is 1.79. The summed E-state index contributed by atoms with van der Waals surface area (Å²) in [7, 11) is 0. The van der Waals surface area contributed by atoms with E-state index in [1.165, 1.54) is 12.1 Å². The third-order valence-corrected chi connectivity index (χ3v) is 2.75. The molecule has 0 bridgehead atoms. The summed E-state index contributed by atoms with van der Waals surface area (Å²) >= 11 is 5.66. The molecule has 1 heterocycles. The average Bonchev–Trinajstić information content (AvgIpc) is 2.26. The van der Waals surface area contributed by atoms with E-state index < -0.39 is 5.82 Å². The highest BCUT2D eigenvalue weighted by Crippen LogP contribution is 2.18. The first-order valence-corrected chi connectivity index (χ1v) is 5.80. The largest absolute Gasteiger partial charge is 0.288 e. The van der Waals surface area contributed by atoms with Crippen LogP contribution in [0.4, 0.5) is 4.39 Å². The Morgan fingerprint density at radius 1 is 1.17 bits per heavy atom. The Hall–Kier alpha value is -1.74. The van der Waals surface area contributed by atoms with Crippen LogP contribution in [0, 0.1) is 19.7 Å². The predicted molar refractivity (Wildman–Crippen MR) is 68.6 cm³/mol. The van der Waals surface area contributed by atoms with Gasteiger partial charge in [0.1, 0.15) is 5.82 Å². The lowest BCUT2D eigenvalue weighted by Crippen LogP contribution is -2.06. The predicted octanol–water partition coefficient (Wildman–Crippen LogP) is 3.72. The highest BCUT2D eigenvalue weighted by atomic mass is 35.5. The number of hydrogen-bond donors (Lipinski definition) is 0. The number of aromatic nitrogens is 1. The Morgan fingerprint density at radius 2 is 1.78 bits per heavy atom. The van der Waals surface area contributed by atoms with Gasteiger partial charge >= 0.3 is 0 Å². The maximum Gasteiger partial charge on any atom is 0.196 e. The van der Waals surface area contributed by atoms with Crippen molar-refractivity contribution >= 4 is 17.4 Å². The normalized spacial score (nSPS) is 10.4. The summed E-state index contributed by atoms with van der Waals surface area (Å²) in [6.07, 6.45) is 0. The van der Waals surface area contributed by atoms with Crippen LogP contribution in [-0.2, 0) is 0 Å². The van der Waals surface area contributed by atoms with Crippen molar-refractivity contribution in [2.75, 3.05) is 0 Å². The number of pyridine rings is 1. The first-order valence-electron chi connectivity index (χ1n) is 5.42. The molecule has 0 aliphatic carbocycles. The van der Waals surface area contributed by atoms with E-state index in [0.717, 1.165) is 17.5 Å². The number of benzene rings is 1. The van der Waals surface area contributed by atoms with Crippen molar-refractivity contribution in [3.05, 3.63) is 63.7 Å². The van der Waals surface area contributed by atoms with Crippen LogP contribution in [0.25, 0.3) is 0 Å². The molecule has 0 N–H and O–H groups in total. The molecule has 2 nitrogen and oxygen atoms in total. The van der Waals surface area contributed by atoms with Crippen molar-refractivity contribution in [2.45, 2.75) is 13.8 Å². The van der Waals surface area contributed by atoms with E-state index in [4.69, 9.17) is 11.6 Å². The molecular weight excluding hydrogens is 253 g/mol. The monoisotopic (exact) mass is 263 g/mol. The summed E-state index contributed by atoms with van der Waals surface area (Å²) < 4.78 is 13.7. The first kappa shape index (κ1) is 12.7. The minimum Gasteiger partial charge on any atom is -0.288 e. The fraction of sp³-hybridized carbons (Fsp3) is 0.143. The van der Waals surface area contributed by atoms with Gasteiger partial charge in [-0.3, -0.25) is 9.78 Å². The molecule has 0 aliphatic heterocycles. The molecule has 0 saturated carbocycles. The van der Waals surface area contributed by atoms with Crippen molar-refractivity contribution < 1.29 is 9.18 Å². The zero-order chi connectivity index (χ0) is 13.3. The topological polar surface area (TPSA) is 30.0 Å². The number of ketones is 1. The second kappa shape index (κ2) is 4.86. The van der Waals surface area contributed by atoms with Crippen LogP contribution in [-0.4, -0.2) is 10.8 Å². The van der Waals surface area contributed by atoms with E-state index in [-0.39, 0.29) is 16.4 Å². The number of nitrogens with zero attached hydrogens (tertiary/aromatic N) is 1. The molecule has 18 heavy (non-hydrogen) atoms. The molecule has 0 atom stereocenters. The van der Waals surface area contributed by atoms with Gasteiger partial charge < -0.3 is 0 Å². The van der Waals surface area contributed by atoms with Gasteiger partial charge in [-0.25, -0.2) is 4.39 Å². The van der Waals surface area contributed by atoms with Crippen LogP contribution in [0.15, 0.2) is 30.3 Å². The molecule has 0 saturated heterocycles. The molecule has 1 aromatic heterocycles. The minimum absolute atomic E-state index is 0.0180. The molecule has 2 aromatic rings. The summed E-state index contributed by atoms with van der Waals surface area (Å²) in [4.78, 5) is 16.4. The van der Waals surface area contributed by atoms with Gasteiger partial charge in [-0.2, -0.15) is 0 Å². The van der Waals surface area contributed by atoms with Crippen LogP contribution in [0.5, 0.6) is 0 Å². The molecule has 0 amide bonds. The van der Waals surface area contributed by atoms with Gasteiger partial charge in [-0.1, -0.05) is 11.6 Å². The molecule has 92 valence electrons. The quantitative estimate of drug-likeness (QED) is 0.773. The van der Waals surface area contributed by atoms with Gasteiger partial charge in [-0.15, -0.1) is 0 Å². The highest BCUT2D eigenvalue weighted by Gasteiger charge is 2.15. The van der Waals surface area contributed by atoms with Gasteiger partial charge in [0.2, 0.25) is 0 Å². The molecule has 0 spiro atoms. The van der Waals surface area contributed by atoms with Gasteiger partial charge in [0, 0.05) is 22.0 Å². The Kier molecular flexibility index (Phi) is 3.43. The number of carbonyl (C=O) groups is 1. The van der Waals surface area contributed by atoms with Crippen molar-refractivity contribution in [2.24, 2.45) is 0 Å². The molecule has 0 radical (unpaired) electrons. The van der Waals surface area contributed by atoms with Crippen LogP contribution in [0.1, 0.15) is 27.3 Å². The van der Waals surface area contributed by atoms with E-state index in [2.05, 4.69) is 4.98 Å². The van der Waals surface area contributed by atoms with Crippen LogP contribution >= 0.6 is 11.6 Å². The van der Waals surface area contributed by atoms with Crippen molar-refractivity contribution in [1.82, 2.24) is 4.98 Å². The summed E-state index contributed by atoms with van der Waals surface area (Å²) in [6.45, 7) is 3.59. The van der Waals surface area contributed by atoms with Gasteiger partial charge in [0.05, 0.1) is 5.56 Å². The Bertz CT molecular complexity index is 605. The standard InChI is InChI=1S/C14H11ClFNO/c1-8-5-10(6-9(2)17-8)14(18)12-4-3-11(15)7-13(12)16/h3-7H,1-2H3. The van der Waals surface area contributed by atoms with Gasteiger partial charge in [0.25, 0.3) is 0 Å². The third-order valence-electron chi connectivity index (χ3n) is 2.52. The second-order valence-electron chi connectivity index (χ2n) is 4.09.